The number of nitrogens with zero attached hydrogens (tertiary/aromatic N) is 3. The molecule has 0 unspecified atom stereocenters. The van der Waals surface area contributed by atoms with Crippen LogP contribution in [0, 0.1) is 0 Å². The molecule has 0 spiro atoms. The Morgan fingerprint density at radius 3 is 2.55 bits per heavy atom. The van der Waals surface area contributed by atoms with Gasteiger partial charge >= 0.3 is 6.01 Å². The molecule has 1 aromatic carbocycles. The average molecular weight is 340 g/mol. The van der Waals surface area contributed by atoms with Gasteiger partial charge in [0.15, 0.2) is 0 Å². The molecule has 116 valence electrons. The summed E-state index contributed by atoms with van der Waals surface area (Å²) in [5.74, 6) is 0. The third-order valence-electron chi connectivity index (χ3n) is 3.37. The van der Waals surface area contributed by atoms with Crippen LogP contribution in [0.2, 0.25) is 5.02 Å². The zero-order chi connectivity index (χ0) is 15.6. The van der Waals surface area contributed by atoms with E-state index >= 15 is 0 Å². The van der Waals surface area contributed by atoms with Gasteiger partial charge in [0.2, 0.25) is 10.0 Å². The molecular formula is C14H14ClN3O3S. The van der Waals surface area contributed by atoms with Crippen molar-refractivity contribution < 1.29 is 13.2 Å². The lowest BCUT2D eigenvalue weighted by Crippen LogP contribution is -2.31. The van der Waals surface area contributed by atoms with Gasteiger partial charge in [0.25, 0.3) is 0 Å². The van der Waals surface area contributed by atoms with Gasteiger partial charge in [0.05, 0.1) is 11.4 Å². The molecule has 0 N–H and O–H groups in total. The zero-order valence-electron chi connectivity index (χ0n) is 11.6. The predicted octanol–water partition coefficient (Wildman–Crippen LogP) is 1.97. The number of hydrogen-bond donors (Lipinski definition) is 0. The third-order valence-corrected chi connectivity index (χ3v) is 5.50. The highest BCUT2D eigenvalue weighted by atomic mass is 35.5. The number of rotatable bonds is 4. The molecule has 6 nitrogen and oxygen atoms in total. The summed E-state index contributed by atoms with van der Waals surface area (Å²) in [6.07, 6.45) is 3.52. The topological polar surface area (TPSA) is 72.4 Å². The van der Waals surface area contributed by atoms with Crippen LogP contribution in [0.25, 0.3) is 0 Å². The zero-order valence-corrected chi connectivity index (χ0v) is 13.2. The van der Waals surface area contributed by atoms with E-state index in [0.717, 1.165) is 0 Å². The Bertz CT molecular complexity index is 738. The van der Waals surface area contributed by atoms with Crippen LogP contribution in [0.1, 0.15) is 6.42 Å². The molecule has 1 fully saturated rings. The fraction of sp³-hybridized carbons (Fsp3) is 0.286. The van der Waals surface area contributed by atoms with Crippen molar-refractivity contribution in [1.29, 1.82) is 0 Å². The van der Waals surface area contributed by atoms with Gasteiger partial charge in [-0.05, 0) is 36.8 Å². The number of aromatic nitrogens is 2. The third kappa shape index (κ3) is 3.21. The summed E-state index contributed by atoms with van der Waals surface area (Å²) in [6.45, 7) is 0.686. The van der Waals surface area contributed by atoms with E-state index < -0.39 is 10.0 Å². The second kappa shape index (κ2) is 6.20. The van der Waals surface area contributed by atoms with Gasteiger partial charge in [-0.2, -0.15) is 4.31 Å². The molecule has 2 heterocycles. The van der Waals surface area contributed by atoms with E-state index in [4.69, 9.17) is 16.3 Å². The summed E-state index contributed by atoms with van der Waals surface area (Å²) < 4.78 is 32.1. The monoisotopic (exact) mass is 339 g/mol. The van der Waals surface area contributed by atoms with Gasteiger partial charge in [0, 0.05) is 24.0 Å². The Labute approximate surface area is 133 Å². The lowest BCUT2D eigenvalue weighted by molar-refractivity contribution is 0.197. The van der Waals surface area contributed by atoms with Gasteiger partial charge < -0.3 is 4.74 Å². The number of sulfonamides is 1. The minimum atomic E-state index is -3.53. The summed E-state index contributed by atoms with van der Waals surface area (Å²) >= 11 is 5.79. The molecule has 0 bridgehead atoms. The highest BCUT2D eigenvalue weighted by Gasteiger charge is 2.33. The van der Waals surface area contributed by atoms with E-state index in [1.54, 1.807) is 30.6 Å². The molecular weight excluding hydrogens is 326 g/mol. The van der Waals surface area contributed by atoms with Crippen LogP contribution in [0.4, 0.5) is 0 Å². The van der Waals surface area contributed by atoms with E-state index in [0.29, 0.717) is 18.0 Å². The summed E-state index contributed by atoms with van der Waals surface area (Å²) in [5, 5.41) is 0.503. The molecule has 1 aliphatic heterocycles. The minimum Gasteiger partial charge on any atom is -0.459 e. The maximum Gasteiger partial charge on any atom is 0.316 e. The highest BCUT2D eigenvalue weighted by molar-refractivity contribution is 7.89. The second-order valence-corrected chi connectivity index (χ2v) is 7.25. The Hall–Kier alpha value is -1.70. The van der Waals surface area contributed by atoms with Crippen molar-refractivity contribution in [2.24, 2.45) is 0 Å². The first-order valence-electron chi connectivity index (χ1n) is 6.75. The number of benzene rings is 1. The first-order valence-corrected chi connectivity index (χ1v) is 8.57. The van der Waals surface area contributed by atoms with Crippen LogP contribution >= 0.6 is 11.6 Å². The van der Waals surface area contributed by atoms with E-state index in [2.05, 4.69) is 9.97 Å². The number of hydrogen-bond acceptors (Lipinski definition) is 5. The molecule has 1 saturated heterocycles. The van der Waals surface area contributed by atoms with Gasteiger partial charge in [0.1, 0.15) is 6.10 Å². The maximum absolute atomic E-state index is 12.5. The minimum absolute atomic E-state index is 0.230. The molecule has 8 heteroatoms. The van der Waals surface area contributed by atoms with Crippen molar-refractivity contribution in [2.75, 3.05) is 13.1 Å². The van der Waals surface area contributed by atoms with Crippen molar-refractivity contribution in [1.82, 2.24) is 14.3 Å². The van der Waals surface area contributed by atoms with Gasteiger partial charge in [-0.15, -0.1) is 0 Å². The van der Waals surface area contributed by atoms with Crippen molar-refractivity contribution >= 4 is 21.6 Å². The van der Waals surface area contributed by atoms with Crippen molar-refractivity contribution in [3.63, 3.8) is 0 Å². The molecule has 1 aliphatic rings. The Balaban J connectivity index is 1.70. The first-order chi connectivity index (χ1) is 10.6. The van der Waals surface area contributed by atoms with E-state index in [1.807, 2.05) is 0 Å². The summed E-state index contributed by atoms with van der Waals surface area (Å²) in [5.41, 5.74) is 0. The fourth-order valence-electron chi connectivity index (χ4n) is 2.26. The number of ether oxygens (including phenoxy) is 1. The molecule has 3 rings (SSSR count). The van der Waals surface area contributed by atoms with E-state index in [1.165, 1.54) is 16.4 Å². The standard InChI is InChI=1S/C14H14ClN3O3S/c15-11-2-4-13(5-3-11)22(19,20)18-9-6-12(10-18)21-14-16-7-1-8-17-14/h1-5,7-8,12H,6,9-10H2/t12-/m0/s1. The molecule has 22 heavy (non-hydrogen) atoms. The molecule has 1 aromatic heterocycles. The Morgan fingerprint density at radius 2 is 1.86 bits per heavy atom. The lowest BCUT2D eigenvalue weighted by Gasteiger charge is -2.16. The Morgan fingerprint density at radius 1 is 1.18 bits per heavy atom. The van der Waals surface area contributed by atoms with Gasteiger partial charge in [-0.1, -0.05) is 11.6 Å². The van der Waals surface area contributed by atoms with Crippen molar-refractivity contribution in [2.45, 2.75) is 17.4 Å². The van der Waals surface area contributed by atoms with Crippen LogP contribution < -0.4 is 4.74 Å². The van der Waals surface area contributed by atoms with E-state index in [-0.39, 0.29) is 23.6 Å². The smallest absolute Gasteiger partial charge is 0.316 e. The van der Waals surface area contributed by atoms with Gasteiger partial charge in [-0.25, -0.2) is 18.4 Å². The van der Waals surface area contributed by atoms with Gasteiger partial charge in [-0.3, -0.25) is 0 Å². The normalized spacial score (nSPS) is 19.2. The molecule has 1 atom stereocenters. The maximum atomic E-state index is 12.5. The second-order valence-electron chi connectivity index (χ2n) is 4.88. The fourth-order valence-corrected chi connectivity index (χ4v) is 3.88. The first kappa shape index (κ1) is 15.2. The number of halogens is 1. The quantitative estimate of drug-likeness (QED) is 0.851. The van der Waals surface area contributed by atoms with Crippen LogP contribution in [0.3, 0.4) is 0 Å². The van der Waals surface area contributed by atoms with Crippen LogP contribution in [0.15, 0.2) is 47.6 Å². The highest BCUT2D eigenvalue weighted by Crippen LogP contribution is 2.24. The molecule has 0 radical (unpaired) electrons. The Kier molecular flexibility index (Phi) is 4.28. The van der Waals surface area contributed by atoms with Crippen LogP contribution in [-0.2, 0) is 10.0 Å². The summed E-state index contributed by atoms with van der Waals surface area (Å²) in [4.78, 5) is 8.19. The molecule has 0 aliphatic carbocycles. The van der Waals surface area contributed by atoms with Crippen molar-refractivity contribution in [3.05, 3.63) is 47.7 Å². The lowest BCUT2D eigenvalue weighted by atomic mass is 10.3. The summed E-state index contributed by atoms with van der Waals surface area (Å²) in [6, 6.07) is 8.10. The van der Waals surface area contributed by atoms with Crippen molar-refractivity contribution in [3.8, 4) is 6.01 Å². The summed E-state index contributed by atoms with van der Waals surface area (Å²) in [7, 11) is -3.53. The molecule has 0 amide bonds. The van der Waals surface area contributed by atoms with Crippen LogP contribution in [-0.4, -0.2) is 41.9 Å². The largest absolute Gasteiger partial charge is 0.459 e. The predicted molar refractivity (Wildman–Crippen MR) is 81.3 cm³/mol. The SMILES string of the molecule is O=S(=O)(c1ccc(Cl)cc1)N1CC[C@H](Oc2ncccn2)C1. The van der Waals surface area contributed by atoms with Crippen LogP contribution in [0.5, 0.6) is 6.01 Å². The molecule has 0 saturated carbocycles. The van der Waals surface area contributed by atoms with E-state index in [9.17, 15) is 8.42 Å². The average Bonchev–Trinajstić information content (AvgIpc) is 2.98. The molecule has 2 aromatic rings.